The van der Waals surface area contributed by atoms with Gasteiger partial charge < -0.3 is 4.74 Å². The van der Waals surface area contributed by atoms with Gasteiger partial charge in [-0.2, -0.15) is 0 Å². The number of carbonyl (C=O) groups is 1. The van der Waals surface area contributed by atoms with Crippen molar-refractivity contribution in [1.29, 1.82) is 0 Å². The number of hydrogen-bond acceptors (Lipinski definition) is 2. The Morgan fingerprint density at radius 1 is 0.800 bits per heavy atom. The molecule has 0 bridgehead atoms. The second kappa shape index (κ2) is 16.0. The van der Waals surface area contributed by atoms with E-state index in [-0.39, 0.29) is 5.97 Å². The van der Waals surface area contributed by atoms with E-state index in [0.29, 0.717) is 0 Å². The van der Waals surface area contributed by atoms with Crippen LogP contribution < -0.4 is 0 Å². The SMILES string of the molecule is CCCCCCCCC/C=C\CCC/C=C\OC(C)=O. The van der Waals surface area contributed by atoms with Crippen molar-refractivity contribution in [3.05, 3.63) is 24.5 Å². The van der Waals surface area contributed by atoms with Crippen LogP contribution in [0.2, 0.25) is 0 Å². The third kappa shape index (κ3) is 16.9. The number of hydrogen-bond donors (Lipinski definition) is 0. The molecular formula is C18H32O2. The van der Waals surface area contributed by atoms with Crippen LogP contribution in [-0.2, 0) is 9.53 Å². The Morgan fingerprint density at radius 3 is 2.00 bits per heavy atom. The van der Waals surface area contributed by atoms with Crippen LogP contribution in [0.1, 0.15) is 84.5 Å². The molecule has 0 aliphatic heterocycles. The zero-order valence-corrected chi connectivity index (χ0v) is 13.4. The second-order valence-electron chi connectivity index (χ2n) is 5.29. The van der Waals surface area contributed by atoms with E-state index < -0.39 is 0 Å². The molecule has 2 nitrogen and oxygen atoms in total. The van der Waals surface area contributed by atoms with E-state index in [1.165, 1.54) is 64.6 Å². The smallest absolute Gasteiger partial charge is 0.307 e. The Kier molecular flexibility index (Phi) is 15.2. The summed E-state index contributed by atoms with van der Waals surface area (Å²) in [6.07, 6.45) is 22.0. The molecule has 0 saturated heterocycles. The highest BCUT2D eigenvalue weighted by Gasteiger charge is 1.89. The average molecular weight is 280 g/mol. The van der Waals surface area contributed by atoms with E-state index in [0.717, 1.165) is 19.3 Å². The fraction of sp³-hybridized carbons (Fsp3) is 0.722. The first-order valence-corrected chi connectivity index (χ1v) is 8.24. The maximum Gasteiger partial charge on any atom is 0.307 e. The Bertz CT molecular complexity index is 267. The van der Waals surface area contributed by atoms with Gasteiger partial charge in [0.15, 0.2) is 0 Å². The summed E-state index contributed by atoms with van der Waals surface area (Å²) in [5.74, 6) is -0.254. The Labute approximate surface area is 125 Å². The van der Waals surface area contributed by atoms with Crippen LogP contribution in [0.15, 0.2) is 24.5 Å². The molecule has 20 heavy (non-hydrogen) atoms. The van der Waals surface area contributed by atoms with Gasteiger partial charge in [-0.1, -0.05) is 57.6 Å². The molecule has 0 atom stereocenters. The van der Waals surface area contributed by atoms with Crippen molar-refractivity contribution < 1.29 is 9.53 Å². The first kappa shape index (κ1) is 18.9. The largest absolute Gasteiger partial charge is 0.435 e. The second-order valence-corrected chi connectivity index (χ2v) is 5.29. The average Bonchev–Trinajstić information content (AvgIpc) is 2.43. The van der Waals surface area contributed by atoms with Crippen LogP contribution in [0.5, 0.6) is 0 Å². The highest BCUT2D eigenvalue weighted by molar-refractivity contribution is 5.66. The Hall–Kier alpha value is -1.05. The lowest BCUT2D eigenvalue weighted by atomic mass is 10.1. The summed E-state index contributed by atoms with van der Waals surface area (Å²) in [7, 11) is 0. The lowest BCUT2D eigenvalue weighted by molar-refractivity contribution is -0.135. The van der Waals surface area contributed by atoms with Crippen molar-refractivity contribution in [2.24, 2.45) is 0 Å². The highest BCUT2D eigenvalue weighted by atomic mass is 16.5. The molecule has 0 radical (unpaired) electrons. The van der Waals surface area contributed by atoms with Gasteiger partial charge in [-0.05, 0) is 38.2 Å². The van der Waals surface area contributed by atoms with Crippen LogP contribution in [0.4, 0.5) is 0 Å². The molecule has 2 heteroatoms. The van der Waals surface area contributed by atoms with E-state index in [9.17, 15) is 4.79 Å². The first-order valence-electron chi connectivity index (χ1n) is 8.24. The van der Waals surface area contributed by atoms with Gasteiger partial charge in [-0.3, -0.25) is 4.79 Å². The molecule has 0 amide bonds. The minimum Gasteiger partial charge on any atom is -0.435 e. The molecule has 0 aromatic carbocycles. The van der Waals surface area contributed by atoms with Gasteiger partial charge in [0.1, 0.15) is 0 Å². The topological polar surface area (TPSA) is 26.3 Å². The van der Waals surface area contributed by atoms with Crippen LogP contribution in [0.25, 0.3) is 0 Å². The van der Waals surface area contributed by atoms with E-state index in [4.69, 9.17) is 4.74 Å². The number of allylic oxidation sites excluding steroid dienone is 3. The van der Waals surface area contributed by atoms with Crippen molar-refractivity contribution in [2.45, 2.75) is 84.5 Å². The number of esters is 1. The predicted octanol–water partition coefficient (Wildman–Crippen LogP) is 5.93. The normalized spacial score (nSPS) is 11.5. The van der Waals surface area contributed by atoms with Gasteiger partial charge in [0.2, 0.25) is 0 Å². The molecular weight excluding hydrogens is 248 g/mol. The minimum atomic E-state index is -0.254. The lowest BCUT2D eigenvalue weighted by Crippen LogP contribution is -1.89. The maximum absolute atomic E-state index is 10.5. The van der Waals surface area contributed by atoms with Gasteiger partial charge in [-0.25, -0.2) is 0 Å². The molecule has 0 spiro atoms. The third-order valence-electron chi connectivity index (χ3n) is 3.21. The van der Waals surface area contributed by atoms with Gasteiger partial charge in [0.25, 0.3) is 0 Å². The summed E-state index contributed by atoms with van der Waals surface area (Å²) in [6, 6.07) is 0. The Balaban J connectivity index is 3.16. The van der Waals surface area contributed by atoms with Crippen LogP contribution in [0.3, 0.4) is 0 Å². The zero-order valence-electron chi connectivity index (χ0n) is 13.4. The zero-order chi connectivity index (χ0) is 14.9. The van der Waals surface area contributed by atoms with Gasteiger partial charge in [-0.15, -0.1) is 0 Å². The van der Waals surface area contributed by atoms with Crippen molar-refractivity contribution in [3.8, 4) is 0 Å². The summed E-state index contributed by atoms with van der Waals surface area (Å²) in [4.78, 5) is 10.5. The van der Waals surface area contributed by atoms with E-state index in [1.54, 1.807) is 0 Å². The van der Waals surface area contributed by atoms with Gasteiger partial charge in [0.05, 0.1) is 6.26 Å². The minimum absolute atomic E-state index is 0.254. The molecule has 0 fully saturated rings. The molecule has 0 aromatic rings. The molecule has 0 unspecified atom stereocenters. The van der Waals surface area contributed by atoms with Crippen LogP contribution >= 0.6 is 0 Å². The quantitative estimate of drug-likeness (QED) is 0.181. The molecule has 0 aliphatic rings. The number of rotatable bonds is 13. The predicted molar refractivity (Wildman–Crippen MR) is 86.5 cm³/mol. The first-order chi connectivity index (χ1) is 9.77. The molecule has 0 N–H and O–H groups in total. The molecule has 0 rings (SSSR count). The van der Waals surface area contributed by atoms with Crippen molar-refractivity contribution in [1.82, 2.24) is 0 Å². The molecule has 0 aliphatic carbocycles. The van der Waals surface area contributed by atoms with E-state index >= 15 is 0 Å². The Morgan fingerprint density at radius 2 is 1.35 bits per heavy atom. The number of unbranched alkanes of at least 4 members (excludes halogenated alkanes) is 9. The molecule has 116 valence electrons. The summed E-state index contributed by atoms with van der Waals surface area (Å²) in [6.45, 7) is 3.67. The summed E-state index contributed by atoms with van der Waals surface area (Å²) in [5, 5.41) is 0. The number of ether oxygens (including phenoxy) is 1. The molecule has 0 saturated carbocycles. The maximum atomic E-state index is 10.5. The molecule has 0 heterocycles. The standard InChI is InChI=1S/C18H32O2/c1-3-4-5-6-7-8-9-10-11-12-13-14-15-16-17-20-18(2)19/h11-12,16-17H,3-10,13-15H2,1-2H3/b12-11-,17-16-. The summed E-state index contributed by atoms with van der Waals surface area (Å²) in [5.41, 5.74) is 0. The summed E-state index contributed by atoms with van der Waals surface area (Å²) >= 11 is 0. The highest BCUT2D eigenvalue weighted by Crippen LogP contribution is 2.09. The fourth-order valence-corrected chi connectivity index (χ4v) is 2.02. The van der Waals surface area contributed by atoms with Crippen molar-refractivity contribution in [2.75, 3.05) is 0 Å². The monoisotopic (exact) mass is 280 g/mol. The van der Waals surface area contributed by atoms with Gasteiger partial charge in [0, 0.05) is 6.92 Å². The van der Waals surface area contributed by atoms with E-state index in [1.807, 2.05) is 6.08 Å². The summed E-state index contributed by atoms with van der Waals surface area (Å²) < 4.78 is 4.71. The lowest BCUT2D eigenvalue weighted by Gasteiger charge is -1.98. The van der Waals surface area contributed by atoms with Crippen LogP contribution in [-0.4, -0.2) is 5.97 Å². The fourth-order valence-electron chi connectivity index (χ4n) is 2.02. The molecule has 0 aromatic heterocycles. The number of carbonyl (C=O) groups excluding carboxylic acids is 1. The van der Waals surface area contributed by atoms with Gasteiger partial charge >= 0.3 is 5.97 Å². The van der Waals surface area contributed by atoms with Crippen molar-refractivity contribution in [3.63, 3.8) is 0 Å². The van der Waals surface area contributed by atoms with Crippen LogP contribution in [0, 0.1) is 0 Å². The third-order valence-corrected chi connectivity index (χ3v) is 3.21. The van der Waals surface area contributed by atoms with E-state index in [2.05, 4.69) is 19.1 Å². The van der Waals surface area contributed by atoms with Crippen molar-refractivity contribution >= 4 is 5.97 Å².